The third-order valence-electron chi connectivity index (χ3n) is 2.76. The van der Waals surface area contributed by atoms with Crippen LogP contribution in [0.5, 0.6) is 0 Å². The molecule has 0 radical (unpaired) electrons. The van der Waals surface area contributed by atoms with E-state index >= 15 is 0 Å². The van der Waals surface area contributed by atoms with E-state index in [1.165, 1.54) is 5.56 Å². The summed E-state index contributed by atoms with van der Waals surface area (Å²) in [5.74, 6) is 0.477. The van der Waals surface area contributed by atoms with Gasteiger partial charge in [-0.15, -0.1) is 0 Å². The predicted molar refractivity (Wildman–Crippen MR) is 77.3 cm³/mol. The van der Waals surface area contributed by atoms with Crippen molar-refractivity contribution >= 4 is 17.3 Å². The largest absolute Gasteiger partial charge is 0.369 e. The smallest absolute Gasteiger partial charge is 0.200 e. The maximum Gasteiger partial charge on any atom is 0.200 e. The lowest BCUT2D eigenvalue weighted by Gasteiger charge is -2.18. The molecule has 0 saturated carbocycles. The molecule has 0 aromatic heterocycles. The van der Waals surface area contributed by atoms with Crippen LogP contribution in [0.1, 0.15) is 5.56 Å². The van der Waals surface area contributed by atoms with E-state index in [0.717, 1.165) is 11.4 Å². The van der Waals surface area contributed by atoms with Crippen molar-refractivity contribution in [2.45, 2.75) is 6.92 Å². The molecule has 0 atom stereocenters. The van der Waals surface area contributed by atoms with Crippen LogP contribution in [-0.2, 0) is 0 Å². The average molecular weight is 239 g/mol. The standard InChI is InChI=1S/C15H17N3/c1-12-8-10-14(11-9-12)18(2)15(16)17-13-6-4-3-5-7-13/h3-11H,1-2H3,(H2,16,17). The van der Waals surface area contributed by atoms with Crippen LogP contribution in [0.3, 0.4) is 0 Å². The zero-order valence-corrected chi connectivity index (χ0v) is 10.7. The first-order valence-corrected chi connectivity index (χ1v) is 5.86. The number of hydrogen-bond donors (Lipinski definition) is 1. The van der Waals surface area contributed by atoms with Gasteiger partial charge in [0.2, 0.25) is 5.96 Å². The summed E-state index contributed by atoms with van der Waals surface area (Å²) in [5, 5.41) is 0. The Kier molecular flexibility index (Phi) is 3.63. The number of guanidine groups is 1. The van der Waals surface area contributed by atoms with Gasteiger partial charge in [0.25, 0.3) is 0 Å². The van der Waals surface area contributed by atoms with E-state index < -0.39 is 0 Å². The van der Waals surface area contributed by atoms with Crippen molar-refractivity contribution < 1.29 is 0 Å². The highest BCUT2D eigenvalue weighted by atomic mass is 15.2. The maximum atomic E-state index is 6.00. The molecule has 3 nitrogen and oxygen atoms in total. The number of benzene rings is 2. The van der Waals surface area contributed by atoms with Crippen molar-refractivity contribution in [3.8, 4) is 0 Å². The lowest BCUT2D eigenvalue weighted by Crippen LogP contribution is -2.33. The van der Waals surface area contributed by atoms with Crippen LogP contribution in [0.25, 0.3) is 0 Å². The van der Waals surface area contributed by atoms with Crippen molar-refractivity contribution in [1.29, 1.82) is 0 Å². The van der Waals surface area contributed by atoms with Gasteiger partial charge in [-0.3, -0.25) is 0 Å². The number of nitrogens with two attached hydrogens (primary N) is 1. The van der Waals surface area contributed by atoms with E-state index in [1.54, 1.807) is 0 Å². The number of aliphatic imine (C=N–C) groups is 1. The van der Waals surface area contributed by atoms with Gasteiger partial charge < -0.3 is 10.6 Å². The van der Waals surface area contributed by atoms with E-state index in [9.17, 15) is 0 Å². The quantitative estimate of drug-likeness (QED) is 0.646. The second-order valence-corrected chi connectivity index (χ2v) is 4.20. The molecule has 18 heavy (non-hydrogen) atoms. The zero-order chi connectivity index (χ0) is 13.0. The van der Waals surface area contributed by atoms with E-state index in [1.807, 2.05) is 54.4 Å². The molecule has 0 heterocycles. The molecular formula is C15H17N3. The Hall–Kier alpha value is -2.29. The lowest BCUT2D eigenvalue weighted by molar-refractivity contribution is 1.21. The van der Waals surface area contributed by atoms with Gasteiger partial charge in [-0.1, -0.05) is 35.9 Å². The molecule has 0 aliphatic carbocycles. The molecule has 2 N–H and O–H groups in total. The Balaban J connectivity index is 2.21. The summed E-state index contributed by atoms with van der Waals surface area (Å²) in [6, 6.07) is 17.9. The molecule has 0 bridgehead atoms. The minimum atomic E-state index is 0.477. The summed E-state index contributed by atoms with van der Waals surface area (Å²) in [7, 11) is 1.91. The second-order valence-electron chi connectivity index (χ2n) is 4.20. The van der Waals surface area contributed by atoms with E-state index in [-0.39, 0.29) is 0 Å². The Bertz CT molecular complexity index is 529. The zero-order valence-electron chi connectivity index (χ0n) is 10.7. The Labute approximate surface area is 108 Å². The molecular weight excluding hydrogens is 222 g/mol. The monoisotopic (exact) mass is 239 g/mol. The first-order chi connectivity index (χ1) is 8.66. The van der Waals surface area contributed by atoms with Gasteiger partial charge in [0.05, 0.1) is 5.69 Å². The van der Waals surface area contributed by atoms with Gasteiger partial charge in [0, 0.05) is 12.7 Å². The van der Waals surface area contributed by atoms with E-state index in [4.69, 9.17) is 5.73 Å². The summed E-state index contributed by atoms with van der Waals surface area (Å²) in [6.45, 7) is 2.06. The molecule has 3 heteroatoms. The topological polar surface area (TPSA) is 41.6 Å². The first kappa shape index (κ1) is 12.2. The Morgan fingerprint density at radius 1 is 1.00 bits per heavy atom. The van der Waals surface area contributed by atoms with Crippen molar-refractivity contribution in [1.82, 2.24) is 0 Å². The number of nitrogens with zero attached hydrogens (tertiary/aromatic N) is 2. The van der Waals surface area contributed by atoms with Gasteiger partial charge in [0.1, 0.15) is 0 Å². The molecule has 0 spiro atoms. The molecule has 0 aliphatic heterocycles. The van der Waals surface area contributed by atoms with Crippen molar-refractivity contribution in [3.63, 3.8) is 0 Å². The molecule has 0 unspecified atom stereocenters. The minimum absolute atomic E-state index is 0.477. The SMILES string of the molecule is Cc1ccc(N(C)C(N)=Nc2ccccc2)cc1. The van der Waals surface area contributed by atoms with Crippen molar-refractivity contribution in [2.24, 2.45) is 10.7 Å². The number of anilines is 1. The number of para-hydroxylation sites is 1. The van der Waals surface area contributed by atoms with Crippen LogP contribution >= 0.6 is 0 Å². The van der Waals surface area contributed by atoms with Crippen molar-refractivity contribution in [3.05, 3.63) is 60.2 Å². The van der Waals surface area contributed by atoms with E-state index in [2.05, 4.69) is 24.0 Å². The summed E-state index contributed by atoms with van der Waals surface area (Å²) in [5.41, 5.74) is 9.10. The maximum absolute atomic E-state index is 6.00. The molecule has 2 aromatic carbocycles. The second kappa shape index (κ2) is 5.36. The Morgan fingerprint density at radius 3 is 2.22 bits per heavy atom. The highest BCUT2D eigenvalue weighted by molar-refractivity contribution is 5.95. The van der Waals surface area contributed by atoms with Crippen LogP contribution in [0, 0.1) is 6.92 Å². The molecule has 2 aromatic rings. The summed E-state index contributed by atoms with van der Waals surface area (Å²) < 4.78 is 0. The summed E-state index contributed by atoms with van der Waals surface area (Å²) in [4.78, 5) is 6.25. The van der Waals surface area contributed by atoms with Gasteiger partial charge in [-0.05, 0) is 31.2 Å². The van der Waals surface area contributed by atoms with E-state index in [0.29, 0.717) is 5.96 Å². The number of aryl methyl sites for hydroxylation is 1. The van der Waals surface area contributed by atoms with Crippen molar-refractivity contribution in [2.75, 3.05) is 11.9 Å². The Morgan fingerprint density at radius 2 is 1.61 bits per heavy atom. The fourth-order valence-corrected chi connectivity index (χ4v) is 1.61. The van der Waals surface area contributed by atoms with Crippen LogP contribution in [0.15, 0.2) is 59.6 Å². The minimum Gasteiger partial charge on any atom is -0.369 e. The molecule has 0 saturated heterocycles. The summed E-state index contributed by atoms with van der Waals surface area (Å²) >= 11 is 0. The lowest BCUT2D eigenvalue weighted by atomic mass is 10.2. The highest BCUT2D eigenvalue weighted by Gasteiger charge is 2.04. The van der Waals surface area contributed by atoms with Crippen LogP contribution in [0.4, 0.5) is 11.4 Å². The fraction of sp³-hybridized carbons (Fsp3) is 0.133. The molecule has 92 valence electrons. The highest BCUT2D eigenvalue weighted by Crippen LogP contribution is 2.15. The molecule has 0 amide bonds. The normalized spacial score (nSPS) is 11.3. The third kappa shape index (κ3) is 2.88. The summed E-state index contributed by atoms with van der Waals surface area (Å²) in [6.07, 6.45) is 0. The fourth-order valence-electron chi connectivity index (χ4n) is 1.61. The molecule has 0 aliphatic rings. The van der Waals surface area contributed by atoms with Crippen LogP contribution in [0.2, 0.25) is 0 Å². The van der Waals surface area contributed by atoms with Gasteiger partial charge in [-0.2, -0.15) is 0 Å². The molecule has 2 rings (SSSR count). The molecule has 0 fully saturated rings. The van der Waals surface area contributed by atoms with Crippen LogP contribution in [-0.4, -0.2) is 13.0 Å². The van der Waals surface area contributed by atoms with Gasteiger partial charge in [0.15, 0.2) is 0 Å². The third-order valence-corrected chi connectivity index (χ3v) is 2.76. The number of hydrogen-bond acceptors (Lipinski definition) is 1. The average Bonchev–Trinajstić information content (AvgIpc) is 2.40. The first-order valence-electron chi connectivity index (χ1n) is 5.86. The van der Waals surface area contributed by atoms with Crippen LogP contribution < -0.4 is 10.6 Å². The van der Waals surface area contributed by atoms with Gasteiger partial charge in [-0.25, -0.2) is 4.99 Å². The van der Waals surface area contributed by atoms with Gasteiger partial charge >= 0.3 is 0 Å². The predicted octanol–water partition coefficient (Wildman–Crippen LogP) is 3.08. The number of rotatable bonds is 2.